The molecular formula is C13H18O6. The first kappa shape index (κ1) is 13.8. The standard InChI is InChI=1S/C13H18O6/c1-5-9(19-7(3)14)4-8-11(10(5)12(15)16)6(2)18-13(8)17/h5-6,8-11H,4H2,1-3H3,(H,15,16). The van der Waals surface area contributed by atoms with Crippen LogP contribution in [-0.4, -0.2) is 35.2 Å². The van der Waals surface area contributed by atoms with E-state index in [0.717, 1.165) is 0 Å². The normalized spacial score (nSPS) is 41.3. The lowest BCUT2D eigenvalue weighted by molar-refractivity contribution is -0.166. The molecule has 0 aromatic carbocycles. The van der Waals surface area contributed by atoms with Crippen LogP contribution >= 0.6 is 0 Å². The summed E-state index contributed by atoms with van der Waals surface area (Å²) in [7, 11) is 0. The van der Waals surface area contributed by atoms with Gasteiger partial charge in [-0.3, -0.25) is 14.4 Å². The van der Waals surface area contributed by atoms with Crippen LogP contribution in [0.15, 0.2) is 0 Å². The Balaban J connectivity index is 2.30. The average molecular weight is 270 g/mol. The number of rotatable bonds is 2. The molecule has 0 amide bonds. The van der Waals surface area contributed by atoms with Gasteiger partial charge in [-0.05, 0) is 13.3 Å². The Bertz CT molecular complexity index is 417. The van der Waals surface area contributed by atoms with Crippen LogP contribution < -0.4 is 0 Å². The van der Waals surface area contributed by atoms with Crippen molar-refractivity contribution in [3.63, 3.8) is 0 Å². The summed E-state index contributed by atoms with van der Waals surface area (Å²) in [5.41, 5.74) is 0. The predicted molar refractivity (Wildman–Crippen MR) is 63.0 cm³/mol. The summed E-state index contributed by atoms with van der Waals surface area (Å²) >= 11 is 0. The number of carboxylic acids is 1. The minimum Gasteiger partial charge on any atom is -0.481 e. The molecule has 2 fully saturated rings. The lowest BCUT2D eigenvalue weighted by Gasteiger charge is -2.39. The van der Waals surface area contributed by atoms with Gasteiger partial charge < -0.3 is 14.6 Å². The molecule has 2 aliphatic rings. The number of ether oxygens (including phenoxy) is 2. The van der Waals surface area contributed by atoms with Crippen LogP contribution in [0.1, 0.15) is 27.2 Å². The number of cyclic esters (lactones) is 1. The van der Waals surface area contributed by atoms with Crippen molar-refractivity contribution in [1.82, 2.24) is 0 Å². The third kappa shape index (κ3) is 2.31. The maximum absolute atomic E-state index is 11.8. The van der Waals surface area contributed by atoms with Gasteiger partial charge in [0.25, 0.3) is 0 Å². The van der Waals surface area contributed by atoms with Crippen LogP contribution in [0.25, 0.3) is 0 Å². The number of hydrogen-bond acceptors (Lipinski definition) is 5. The molecule has 106 valence electrons. The van der Waals surface area contributed by atoms with E-state index < -0.39 is 36.0 Å². The van der Waals surface area contributed by atoms with E-state index in [9.17, 15) is 19.5 Å². The van der Waals surface area contributed by atoms with Gasteiger partial charge >= 0.3 is 17.9 Å². The lowest BCUT2D eigenvalue weighted by atomic mass is 9.65. The molecule has 1 heterocycles. The summed E-state index contributed by atoms with van der Waals surface area (Å²) in [6.45, 7) is 4.75. The second-order valence-corrected chi connectivity index (χ2v) is 5.43. The summed E-state index contributed by atoms with van der Waals surface area (Å²) in [5.74, 6) is -3.70. The zero-order valence-corrected chi connectivity index (χ0v) is 11.2. The van der Waals surface area contributed by atoms with E-state index in [-0.39, 0.29) is 17.8 Å². The first-order valence-electron chi connectivity index (χ1n) is 6.43. The number of carbonyl (C=O) groups is 3. The Morgan fingerprint density at radius 3 is 2.53 bits per heavy atom. The number of aliphatic carboxylic acids is 1. The van der Waals surface area contributed by atoms with Gasteiger partial charge in [-0.25, -0.2) is 0 Å². The third-order valence-corrected chi connectivity index (χ3v) is 4.27. The molecule has 6 atom stereocenters. The first-order chi connectivity index (χ1) is 8.82. The molecule has 0 spiro atoms. The minimum absolute atomic E-state index is 0.334. The number of esters is 2. The van der Waals surface area contributed by atoms with Crippen molar-refractivity contribution in [3.05, 3.63) is 0 Å². The number of hydrogen-bond donors (Lipinski definition) is 1. The molecule has 2 rings (SSSR count). The Kier molecular flexibility index (Phi) is 3.52. The molecule has 19 heavy (non-hydrogen) atoms. The molecule has 0 aromatic heterocycles. The molecule has 0 radical (unpaired) electrons. The third-order valence-electron chi connectivity index (χ3n) is 4.27. The van der Waals surface area contributed by atoms with Gasteiger partial charge in [0.1, 0.15) is 12.2 Å². The van der Waals surface area contributed by atoms with E-state index in [1.54, 1.807) is 13.8 Å². The topological polar surface area (TPSA) is 89.9 Å². The molecule has 6 nitrogen and oxygen atoms in total. The largest absolute Gasteiger partial charge is 0.481 e. The number of fused-ring (bicyclic) bond motifs is 1. The second-order valence-electron chi connectivity index (χ2n) is 5.43. The molecule has 1 N–H and O–H groups in total. The molecule has 0 bridgehead atoms. The summed E-state index contributed by atoms with van der Waals surface area (Å²) < 4.78 is 10.3. The van der Waals surface area contributed by atoms with Crippen molar-refractivity contribution < 1.29 is 29.0 Å². The van der Waals surface area contributed by atoms with E-state index in [4.69, 9.17) is 9.47 Å². The van der Waals surface area contributed by atoms with Crippen molar-refractivity contribution >= 4 is 17.9 Å². The first-order valence-corrected chi connectivity index (χ1v) is 6.43. The SMILES string of the molecule is CC(=O)OC1CC2C(=O)OC(C)C2C(C(=O)O)C1C. The van der Waals surface area contributed by atoms with E-state index in [1.807, 2.05) is 0 Å². The van der Waals surface area contributed by atoms with Gasteiger partial charge in [0.2, 0.25) is 0 Å². The molecule has 6 unspecified atom stereocenters. The van der Waals surface area contributed by atoms with Crippen LogP contribution in [0.5, 0.6) is 0 Å². The number of carboxylic acid groups (broad SMARTS) is 1. The molecule has 1 aliphatic carbocycles. The van der Waals surface area contributed by atoms with E-state index in [2.05, 4.69) is 0 Å². The fourth-order valence-corrected chi connectivity index (χ4v) is 3.43. The summed E-state index contributed by atoms with van der Waals surface area (Å²) in [5, 5.41) is 9.40. The van der Waals surface area contributed by atoms with Crippen LogP contribution in [0.3, 0.4) is 0 Å². The van der Waals surface area contributed by atoms with Gasteiger partial charge in [-0.15, -0.1) is 0 Å². The zero-order chi connectivity index (χ0) is 14.3. The van der Waals surface area contributed by atoms with Crippen molar-refractivity contribution in [2.75, 3.05) is 0 Å². The van der Waals surface area contributed by atoms with Crippen molar-refractivity contribution in [1.29, 1.82) is 0 Å². The molecule has 0 aromatic rings. The quantitative estimate of drug-likeness (QED) is 0.748. The smallest absolute Gasteiger partial charge is 0.309 e. The molecular weight excluding hydrogens is 252 g/mol. The second kappa shape index (κ2) is 4.83. The van der Waals surface area contributed by atoms with Gasteiger partial charge in [0.05, 0.1) is 11.8 Å². The lowest BCUT2D eigenvalue weighted by Crippen LogP contribution is -2.48. The Labute approximate surface area is 111 Å². The minimum atomic E-state index is -0.968. The summed E-state index contributed by atoms with van der Waals surface area (Å²) in [4.78, 5) is 34.3. The van der Waals surface area contributed by atoms with Crippen LogP contribution in [0.2, 0.25) is 0 Å². The van der Waals surface area contributed by atoms with Crippen LogP contribution in [0.4, 0.5) is 0 Å². The van der Waals surface area contributed by atoms with Crippen molar-refractivity contribution in [2.24, 2.45) is 23.7 Å². The van der Waals surface area contributed by atoms with E-state index in [0.29, 0.717) is 6.42 Å². The molecule has 1 aliphatic heterocycles. The van der Waals surface area contributed by atoms with E-state index in [1.165, 1.54) is 6.92 Å². The van der Waals surface area contributed by atoms with Crippen molar-refractivity contribution in [3.8, 4) is 0 Å². The van der Waals surface area contributed by atoms with Crippen molar-refractivity contribution in [2.45, 2.75) is 39.4 Å². The van der Waals surface area contributed by atoms with Crippen LogP contribution in [0, 0.1) is 23.7 Å². The maximum Gasteiger partial charge on any atom is 0.309 e. The average Bonchev–Trinajstić information content (AvgIpc) is 2.54. The monoisotopic (exact) mass is 270 g/mol. The Hall–Kier alpha value is -1.59. The Morgan fingerprint density at radius 1 is 1.37 bits per heavy atom. The fraction of sp³-hybridized carbons (Fsp3) is 0.769. The molecule has 1 saturated carbocycles. The highest BCUT2D eigenvalue weighted by Gasteiger charge is 2.56. The highest BCUT2D eigenvalue weighted by atomic mass is 16.6. The molecule has 6 heteroatoms. The molecule has 1 saturated heterocycles. The Morgan fingerprint density at radius 2 is 2.00 bits per heavy atom. The number of carbonyl (C=O) groups excluding carboxylic acids is 2. The maximum atomic E-state index is 11.8. The fourth-order valence-electron chi connectivity index (χ4n) is 3.43. The van der Waals surface area contributed by atoms with Gasteiger partial charge in [-0.1, -0.05) is 6.92 Å². The van der Waals surface area contributed by atoms with E-state index >= 15 is 0 Å². The van der Waals surface area contributed by atoms with Crippen LogP contribution in [-0.2, 0) is 23.9 Å². The van der Waals surface area contributed by atoms with Gasteiger partial charge in [0.15, 0.2) is 0 Å². The highest BCUT2D eigenvalue weighted by molar-refractivity contribution is 5.79. The van der Waals surface area contributed by atoms with Gasteiger partial charge in [0, 0.05) is 18.8 Å². The zero-order valence-electron chi connectivity index (χ0n) is 11.2. The highest BCUT2D eigenvalue weighted by Crippen LogP contribution is 2.47. The van der Waals surface area contributed by atoms with Gasteiger partial charge in [-0.2, -0.15) is 0 Å². The predicted octanol–water partition coefficient (Wildman–Crippen LogP) is 0.836. The summed E-state index contributed by atoms with van der Waals surface area (Å²) in [6, 6.07) is 0. The summed E-state index contributed by atoms with van der Waals surface area (Å²) in [6.07, 6.45) is -0.602.